The maximum atomic E-state index is 11.9. The third kappa shape index (κ3) is 5.29. The Hall–Kier alpha value is -2.06. The number of hydrogen-bond acceptors (Lipinski definition) is 4. The summed E-state index contributed by atoms with van der Waals surface area (Å²) in [6, 6.07) is 7.63. The maximum Gasteiger partial charge on any atom is 0.225 e. The molecule has 1 aromatic rings. The number of anilines is 2. The van der Waals surface area contributed by atoms with E-state index in [9.17, 15) is 4.79 Å². The first kappa shape index (κ1) is 16.0. The lowest BCUT2D eigenvalue weighted by atomic mass is 10.1. The molecule has 0 aromatic heterocycles. The van der Waals surface area contributed by atoms with Gasteiger partial charge in [-0.3, -0.25) is 4.79 Å². The summed E-state index contributed by atoms with van der Waals surface area (Å²) in [6.45, 7) is 5.09. The molecule has 1 unspecified atom stereocenters. The number of amides is 1. The topological polar surface area (TPSA) is 82.2 Å². The van der Waals surface area contributed by atoms with Crippen molar-refractivity contribution in [1.82, 2.24) is 4.90 Å². The number of benzene rings is 1. The van der Waals surface area contributed by atoms with Gasteiger partial charge in [0, 0.05) is 30.9 Å². The van der Waals surface area contributed by atoms with Crippen molar-refractivity contribution >= 4 is 17.3 Å². The fourth-order valence-corrected chi connectivity index (χ4v) is 1.88. The van der Waals surface area contributed by atoms with Gasteiger partial charge in [-0.1, -0.05) is 6.07 Å². The monoisotopic (exact) mass is 274 g/mol. The van der Waals surface area contributed by atoms with E-state index in [1.54, 1.807) is 6.07 Å². The molecule has 0 bridgehead atoms. The van der Waals surface area contributed by atoms with E-state index >= 15 is 0 Å². The third-order valence-corrected chi connectivity index (χ3v) is 3.06. The zero-order chi connectivity index (χ0) is 15.1. The Balaban J connectivity index is 2.44. The number of aryl methyl sites for hydroxylation is 1. The number of carbonyl (C=O) groups is 1. The van der Waals surface area contributed by atoms with Crippen LogP contribution in [0.1, 0.15) is 18.9 Å². The normalized spacial score (nSPS) is 11.9. The number of rotatable bonds is 6. The van der Waals surface area contributed by atoms with Gasteiger partial charge < -0.3 is 16.0 Å². The van der Waals surface area contributed by atoms with E-state index in [1.165, 1.54) is 0 Å². The van der Waals surface area contributed by atoms with Gasteiger partial charge in [0.1, 0.15) is 0 Å². The summed E-state index contributed by atoms with van der Waals surface area (Å²) in [6.07, 6.45) is 0.392. The van der Waals surface area contributed by atoms with E-state index in [0.717, 1.165) is 11.3 Å². The predicted molar refractivity (Wildman–Crippen MR) is 81.1 cm³/mol. The van der Waals surface area contributed by atoms with Crippen LogP contribution in [0.5, 0.6) is 0 Å². The molecule has 0 aliphatic heterocycles. The molecule has 1 amide bonds. The quantitative estimate of drug-likeness (QED) is 0.777. The molecular weight excluding hydrogens is 252 g/mol. The predicted octanol–water partition coefficient (Wildman–Crippen LogP) is 2.00. The highest BCUT2D eigenvalue weighted by Gasteiger charge is 2.09. The molecule has 0 radical (unpaired) electrons. The van der Waals surface area contributed by atoms with Crippen LogP contribution < -0.4 is 11.1 Å². The largest absolute Gasteiger partial charge is 0.399 e. The molecule has 1 aromatic carbocycles. The Morgan fingerprint density at radius 1 is 1.55 bits per heavy atom. The SMILES string of the molecule is Cc1ccc(N)cc1NC(=O)CCN(C)CC(C)C#N. The molecule has 1 atom stereocenters. The zero-order valence-electron chi connectivity index (χ0n) is 12.3. The molecule has 0 saturated heterocycles. The summed E-state index contributed by atoms with van der Waals surface area (Å²) in [7, 11) is 1.91. The summed E-state index contributed by atoms with van der Waals surface area (Å²) in [4.78, 5) is 13.9. The first-order chi connectivity index (χ1) is 9.42. The first-order valence-corrected chi connectivity index (χ1v) is 6.66. The van der Waals surface area contributed by atoms with Gasteiger partial charge in [0.2, 0.25) is 5.91 Å². The van der Waals surface area contributed by atoms with Crippen LogP contribution in [0.15, 0.2) is 18.2 Å². The van der Waals surface area contributed by atoms with Gasteiger partial charge in [-0.15, -0.1) is 0 Å². The minimum Gasteiger partial charge on any atom is -0.399 e. The smallest absolute Gasteiger partial charge is 0.225 e. The molecule has 0 heterocycles. The van der Waals surface area contributed by atoms with Gasteiger partial charge >= 0.3 is 0 Å². The van der Waals surface area contributed by atoms with Crippen molar-refractivity contribution in [2.45, 2.75) is 20.3 Å². The number of nitrogens with one attached hydrogen (secondary N) is 1. The molecule has 0 aliphatic carbocycles. The minimum absolute atomic E-state index is 0.0285. The summed E-state index contributed by atoms with van der Waals surface area (Å²) >= 11 is 0. The molecule has 0 saturated carbocycles. The maximum absolute atomic E-state index is 11.9. The van der Waals surface area contributed by atoms with Crippen molar-refractivity contribution in [3.8, 4) is 6.07 Å². The molecular formula is C15H22N4O. The van der Waals surface area contributed by atoms with Crippen molar-refractivity contribution in [3.05, 3.63) is 23.8 Å². The van der Waals surface area contributed by atoms with Crippen LogP contribution in [0.4, 0.5) is 11.4 Å². The van der Waals surface area contributed by atoms with Crippen molar-refractivity contribution < 1.29 is 4.79 Å². The molecule has 1 rings (SSSR count). The van der Waals surface area contributed by atoms with Gasteiger partial charge in [-0.2, -0.15) is 5.26 Å². The van der Waals surface area contributed by atoms with Crippen LogP contribution in [-0.2, 0) is 4.79 Å². The highest BCUT2D eigenvalue weighted by atomic mass is 16.1. The van der Waals surface area contributed by atoms with Crippen molar-refractivity contribution in [2.75, 3.05) is 31.2 Å². The second-order valence-corrected chi connectivity index (χ2v) is 5.16. The average Bonchev–Trinajstić information content (AvgIpc) is 2.40. The van der Waals surface area contributed by atoms with Gasteiger partial charge in [-0.25, -0.2) is 0 Å². The van der Waals surface area contributed by atoms with Crippen molar-refractivity contribution in [3.63, 3.8) is 0 Å². The van der Waals surface area contributed by atoms with Gasteiger partial charge in [0.15, 0.2) is 0 Å². The van der Waals surface area contributed by atoms with E-state index < -0.39 is 0 Å². The first-order valence-electron chi connectivity index (χ1n) is 6.66. The molecule has 108 valence electrons. The molecule has 20 heavy (non-hydrogen) atoms. The highest BCUT2D eigenvalue weighted by Crippen LogP contribution is 2.18. The Kier molecular flexibility index (Phi) is 6.01. The minimum atomic E-state index is -0.0461. The lowest BCUT2D eigenvalue weighted by Gasteiger charge is -2.17. The van der Waals surface area contributed by atoms with Crippen LogP contribution in [0.2, 0.25) is 0 Å². The van der Waals surface area contributed by atoms with Gasteiger partial charge in [0.25, 0.3) is 0 Å². The van der Waals surface area contributed by atoms with E-state index in [-0.39, 0.29) is 11.8 Å². The van der Waals surface area contributed by atoms with Crippen molar-refractivity contribution in [1.29, 1.82) is 5.26 Å². The number of nitrogens with two attached hydrogens (primary N) is 1. The average molecular weight is 274 g/mol. The number of nitrogens with zero attached hydrogens (tertiary/aromatic N) is 2. The lowest BCUT2D eigenvalue weighted by molar-refractivity contribution is -0.116. The molecule has 5 nitrogen and oxygen atoms in total. The molecule has 0 spiro atoms. The van der Waals surface area contributed by atoms with Crippen LogP contribution in [-0.4, -0.2) is 30.9 Å². The Morgan fingerprint density at radius 2 is 2.25 bits per heavy atom. The standard InChI is InChI=1S/C15H22N4O/c1-11(9-16)10-19(3)7-6-15(20)18-14-8-13(17)5-4-12(14)2/h4-5,8,11H,6-7,10,17H2,1-3H3,(H,18,20). The van der Waals surface area contributed by atoms with E-state index in [2.05, 4.69) is 11.4 Å². The van der Waals surface area contributed by atoms with E-state index in [0.29, 0.717) is 25.2 Å². The number of hydrogen-bond donors (Lipinski definition) is 2. The number of nitrogen functional groups attached to an aromatic ring is 1. The zero-order valence-corrected chi connectivity index (χ0v) is 12.3. The number of carbonyl (C=O) groups excluding carboxylic acids is 1. The molecule has 0 aliphatic rings. The van der Waals surface area contributed by atoms with Crippen LogP contribution in [0.25, 0.3) is 0 Å². The van der Waals surface area contributed by atoms with Crippen LogP contribution >= 0.6 is 0 Å². The second-order valence-electron chi connectivity index (χ2n) is 5.16. The lowest BCUT2D eigenvalue weighted by Crippen LogP contribution is -2.28. The second kappa shape index (κ2) is 7.51. The Labute approximate surface area is 120 Å². The van der Waals surface area contributed by atoms with Gasteiger partial charge in [-0.05, 0) is 38.6 Å². The third-order valence-electron chi connectivity index (χ3n) is 3.06. The summed E-state index contributed by atoms with van der Waals surface area (Å²) < 4.78 is 0. The fourth-order valence-electron chi connectivity index (χ4n) is 1.88. The van der Waals surface area contributed by atoms with E-state index in [4.69, 9.17) is 11.0 Å². The summed E-state index contributed by atoms with van der Waals surface area (Å²) in [5, 5.41) is 11.6. The molecule has 5 heteroatoms. The van der Waals surface area contributed by atoms with Crippen LogP contribution in [0, 0.1) is 24.2 Å². The Morgan fingerprint density at radius 3 is 2.90 bits per heavy atom. The summed E-state index contributed by atoms with van der Waals surface area (Å²) in [5.74, 6) is -0.0746. The van der Waals surface area contributed by atoms with Crippen LogP contribution in [0.3, 0.4) is 0 Å². The molecule has 3 N–H and O–H groups in total. The van der Waals surface area contributed by atoms with Crippen molar-refractivity contribution in [2.24, 2.45) is 5.92 Å². The highest BCUT2D eigenvalue weighted by molar-refractivity contribution is 5.92. The summed E-state index contributed by atoms with van der Waals surface area (Å²) in [5.41, 5.74) is 8.07. The fraction of sp³-hybridized carbons (Fsp3) is 0.467. The Bertz CT molecular complexity index is 507. The van der Waals surface area contributed by atoms with Gasteiger partial charge in [0.05, 0.1) is 12.0 Å². The van der Waals surface area contributed by atoms with E-state index in [1.807, 2.05) is 37.9 Å². The number of nitriles is 1. The molecule has 0 fully saturated rings.